The molecule has 0 bridgehead atoms. The number of rotatable bonds is 9. The van der Waals surface area contributed by atoms with E-state index in [0.29, 0.717) is 5.92 Å². The highest BCUT2D eigenvalue weighted by molar-refractivity contribution is 5.14. The van der Waals surface area contributed by atoms with E-state index in [-0.39, 0.29) is 24.6 Å². The van der Waals surface area contributed by atoms with Gasteiger partial charge in [0.2, 0.25) is 0 Å². The Bertz CT molecular complexity index is 841. The van der Waals surface area contributed by atoms with Gasteiger partial charge in [0.25, 0.3) is 0 Å². The van der Waals surface area contributed by atoms with Gasteiger partial charge in [0.05, 0.1) is 11.8 Å². The first-order valence-electron chi connectivity index (χ1n) is 12.7. The van der Waals surface area contributed by atoms with E-state index in [1.165, 1.54) is 17.8 Å². The number of hydrogen-bond donors (Lipinski definition) is 1. The maximum Gasteiger partial charge on any atom is 0.150 e. The standard InChI is InChI=1S/C25H41N5O2/c1-4-8-20(26)17-21-12-13-27-29(21)25-11-7-9-22(32-25)15-18(2)23-16-19(3)28-30(23)24-10-5-6-14-31-24/h12-13,16,18,20,22,24-25H,4-11,14-15,17,26H2,1-3H3. The molecular formula is C25H41N5O2. The molecule has 2 saturated heterocycles. The Morgan fingerprint density at radius 1 is 1.16 bits per heavy atom. The highest BCUT2D eigenvalue weighted by Crippen LogP contribution is 2.35. The van der Waals surface area contributed by atoms with Crippen molar-refractivity contribution in [2.24, 2.45) is 5.73 Å². The van der Waals surface area contributed by atoms with E-state index in [9.17, 15) is 0 Å². The third kappa shape index (κ3) is 5.61. The number of hydrogen-bond acceptors (Lipinski definition) is 5. The average molecular weight is 444 g/mol. The molecule has 0 saturated carbocycles. The predicted octanol–water partition coefficient (Wildman–Crippen LogP) is 5.02. The minimum Gasteiger partial charge on any atom is -0.357 e. The van der Waals surface area contributed by atoms with Gasteiger partial charge in [0.1, 0.15) is 6.23 Å². The van der Waals surface area contributed by atoms with Crippen LogP contribution in [0.25, 0.3) is 0 Å². The van der Waals surface area contributed by atoms with Crippen LogP contribution in [-0.4, -0.2) is 38.3 Å². The van der Waals surface area contributed by atoms with Crippen LogP contribution < -0.4 is 5.73 Å². The number of aromatic nitrogens is 4. The van der Waals surface area contributed by atoms with E-state index in [1.807, 2.05) is 6.20 Å². The molecule has 0 radical (unpaired) electrons. The third-order valence-electron chi connectivity index (χ3n) is 6.92. The molecule has 4 rings (SSSR count). The minimum atomic E-state index is 0.00750. The molecular weight excluding hydrogens is 402 g/mol. The summed E-state index contributed by atoms with van der Waals surface area (Å²) in [5.74, 6) is 0.362. The van der Waals surface area contributed by atoms with Gasteiger partial charge < -0.3 is 15.2 Å². The molecule has 5 atom stereocenters. The van der Waals surface area contributed by atoms with Crippen molar-refractivity contribution in [3.8, 4) is 0 Å². The van der Waals surface area contributed by atoms with Gasteiger partial charge in [-0.2, -0.15) is 10.2 Å². The first-order chi connectivity index (χ1) is 15.5. The Kier molecular flexibility index (Phi) is 8.02. The molecule has 4 heterocycles. The zero-order valence-corrected chi connectivity index (χ0v) is 20.1. The molecule has 2 N–H and O–H groups in total. The predicted molar refractivity (Wildman–Crippen MR) is 125 cm³/mol. The Morgan fingerprint density at radius 3 is 2.78 bits per heavy atom. The van der Waals surface area contributed by atoms with E-state index < -0.39 is 0 Å². The fraction of sp³-hybridized carbons (Fsp3) is 0.760. The quantitative estimate of drug-likeness (QED) is 0.589. The second kappa shape index (κ2) is 10.9. The summed E-state index contributed by atoms with van der Waals surface area (Å²) in [6, 6.07) is 4.50. The Morgan fingerprint density at radius 2 is 2.00 bits per heavy atom. The van der Waals surface area contributed by atoms with Crippen LogP contribution in [0.4, 0.5) is 0 Å². The maximum absolute atomic E-state index is 6.60. The topological polar surface area (TPSA) is 80.1 Å². The summed E-state index contributed by atoms with van der Waals surface area (Å²) in [5, 5.41) is 9.39. The first-order valence-corrected chi connectivity index (χ1v) is 12.7. The molecule has 0 spiro atoms. The van der Waals surface area contributed by atoms with Crippen LogP contribution in [0, 0.1) is 6.92 Å². The maximum atomic E-state index is 6.60. The van der Waals surface area contributed by atoms with Crippen LogP contribution in [0.2, 0.25) is 0 Å². The van der Waals surface area contributed by atoms with E-state index in [1.54, 1.807) is 0 Å². The highest BCUT2D eigenvalue weighted by Gasteiger charge is 2.29. The van der Waals surface area contributed by atoms with Crippen LogP contribution in [0.5, 0.6) is 0 Å². The zero-order chi connectivity index (χ0) is 22.5. The van der Waals surface area contributed by atoms with Gasteiger partial charge in [0, 0.05) is 42.6 Å². The monoisotopic (exact) mass is 443 g/mol. The lowest BCUT2D eigenvalue weighted by Gasteiger charge is -2.33. The number of nitrogens with zero attached hydrogens (tertiary/aromatic N) is 4. The summed E-state index contributed by atoms with van der Waals surface area (Å²) in [6.07, 6.45) is 12.8. The summed E-state index contributed by atoms with van der Waals surface area (Å²) in [6.45, 7) is 7.39. The molecule has 5 unspecified atom stereocenters. The van der Waals surface area contributed by atoms with E-state index in [4.69, 9.17) is 20.3 Å². The molecule has 2 aromatic heterocycles. The van der Waals surface area contributed by atoms with Gasteiger partial charge >= 0.3 is 0 Å². The highest BCUT2D eigenvalue weighted by atomic mass is 16.5. The van der Waals surface area contributed by atoms with Crippen molar-refractivity contribution in [2.75, 3.05) is 6.61 Å². The van der Waals surface area contributed by atoms with E-state index in [2.05, 4.69) is 47.4 Å². The van der Waals surface area contributed by atoms with Gasteiger partial charge in [-0.15, -0.1) is 0 Å². The number of ether oxygens (including phenoxy) is 2. The van der Waals surface area contributed by atoms with Crippen LogP contribution in [0.3, 0.4) is 0 Å². The lowest BCUT2D eigenvalue weighted by atomic mass is 9.94. The third-order valence-corrected chi connectivity index (χ3v) is 6.92. The van der Waals surface area contributed by atoms with Crippen LogP contribution in [-0.2, 0) is 15.9 Å². The molecule has 32 heavy (non-hydrogen) atoms. The molecule has 2 aliphatic rings. The van der Waals surface area contributed by atoms with Gasteiger partial charge in [-0.1, -0.05) is 20.3 Å². The van der Waals surface area contributed by atoms with Crippen molar-refractivity contribution in [3.05, 3.63) is 35.4 Å². The molecule has 2 fully saturated rings. The number of nitrogens with two attached hydrogens (primary N) is 1. The Balaban J connectivity index is 1.40. The van der Waals surface area contributed by atoms with Crippen LogP contribution in [0.15, 0.2) is 18.3 Å². The summed E-state index contributed by atoms with van der Waals surface area (Å²) < 4.78 is 16.8. The normalized spacial score (nSPS) is 26.2. The molecule has 178 valence electrons. The van der Waals surface area contributed by atoms with Crippen molar-refractivity contribution in [1.29, 1.82) is 0 Å². The van der Waals surface area contributed by atoms with Crippen molar-refractivity contribution in [2.45, 2.75) is 115 Å². The van der Waals surface area contributed by atoms with Gasteiger partial charge in [0.15, 0.2) is 6.23 Å². The smallest absolute Gasteiger partial charge is 0.150 e. The summed E-state index contributed by atoms with van der Waals surface area (Å²) in [5.41, 5.74) is 9.83. The van der Waals surface area contributed by atoms with Gasteiger partial charge in [-0.3, -0.25) is 0 Å². The molecule has 0 aromatic carbocycles. The summed E-state index contributed by atoms with van der Waals surface area (Å²) in [4.78, 5) is 0. The summed E-state index contributed by atoms with van der Waals surface area (Å²) in [7, 11) is 0. The SMILES string of the molecule is CCCC(N)Cc1ccnn1C1CCCC(CC(C)c2cc(C)nn2C2CCCCO2)O1. The number of aryl methyl sites for hydroxylation is 1. The molecule has 2 aliphatic heterocycles. The molecule has 0 amide bonds. The van der Waals surface area contributed by atoms with Crippen LogP contribution in [0.1, 0.15) is 107 Å². The van der Waals surface area contributed by atoms with Crippen molar-refractivity contribution < 1.29 is 9.47 Å². The molecule has 7 heteroatoms. The average Bonchev–Trinajstić information content (AvgIpc) is 3.41. The lowest BCUT2D eigenvalue weighted by Crippen LogP contribution is -2.31. The molecule has 7 nitrogen and oxygen atoms in total. The first kappa shape index (κ1) is 23.5. The fourth-order valence-electron chi connectivity index (χ4n) is 5.30. The van der Waals surface area contributed by atoms with E-state index >= 15 is 0 Å². The van der Waals surface area contributed by atoms with E-state index in [0.717, 1.165) is 70.1 Å². The van der Waals surface area contributed by atoms with Crippen molar-refractivity contribution >= 4 is 0 Å². The Hall–Kier alpha value is -1.70. The van der Waals surface area contributed by atoms with Crippen molar-refractivity contribution in [3.63, 3.8) is 0 Å². The molecule has 0 aliphatic carbocycles. The Labute approximate surface area is 192 Å². The second-order valence-electron chi connectivity index (χ2n) is 9.78. The minimum absolute atomic E-state index is 0.00750. The second-order valence-corrected chi connectivity index (χ2v) is 9.78. The van der Waals surface area contributed by atoms with Crippen molar-refractivity contribution in [1.82, 2.24) is 19.6 Å². The lowest BCUT2D eigenvalue weighted by molar-refractivity contribution is -0.101. The summed E-state index contributed by atoms with van der Waals surface area (Å²) >= 11 is 0. The van der Waals surface area contributed by atoms with Gasteiger partial charge in [-0.05, 0) is 70.4 Å². The van der Waals surface area contributed by atoms with Gasteiger partial charge in [-0.25, -0.2) is 9.36 Å². The zero-order valence-electron chi connectivity index (χ0n) is 20.1. The van der Waals surface area contributed by atoms with Crippen LogP contribution >= 0.6 is 0 Å². The fourth-order valence-corrected chi connectivity index (χ4v) is 5.30. The largest absolute Gasteiger partial charge is 0.357 e. The molecule has 2 aromatic rings.